The third kappa shape index (κ3) is 3.89. The lowest BCUT2D eigenvalue weighted by molar-refractivity contribution is -0.118. The predicted octanol–water partition coefficient (Wildman–Crippen LogP) is 3.76. The second kappa shape index (κ2) is 8.02. The SMILES string of the molecule is COc1ccccc1OCC(=O)Nc1cnc2c(c1)c(C)nn2-c1ccccc1. The second-order valence-corrected chi connectivity index (χ2v) is 6.42. The number of pyridine rings is 1. The van der Waals surface area contributed by atoms with Crippen molar-refractivity contribution in [2.75, 3.05) is 19.0 Å². The van der Waals surface area contributed by atoms with Crippen molar-refractivity contribution in [3.8, 4) is 17.2 Å². The monoisotopic (exact) mass is 388 g/mol. The summed E-state index contributed by atoms with van der Waals surface area (Å²) in [6.07, 6.45) is 1.61. The number of nitrogens with zero attached hydrogens (tertiary/aromatic N) is 3. The number of benzene rings is 2. The number of hydrogen-bond donors (Lipinski definition) is 1. The summed E-state index contributed by atoms with van der Waals surface area (Å²) in [6.45, 7) is 1.78. The number of para-hydroxylation sites is 3. The highest BCUT2D eigenvalue weighted by atomic mass is 16.5. The van der Waals surface area contributed by atoms with E-state index in [0.717, 1.165) is 22.4 Å². The van der Waals surface area contributed by atoms with Crippen LogP contribution in [0.2, 0.25) is 0 Å². The Kier molecular flexibility index (Phi) is 5.11. The van der Waals surface area contributed by atoms with Crippen LogP contribution in [0.3, 0.4) is 0 Å². The number of amides is 1. The van der Waals surface area contributed by atoms with Crippen molar-refractivity contribution < 1.29 is 14.3 Å². The van der Waals surface area contributed by atoms with Crippen molar-refractivity contribution in [1.29, 1.82) is 0 Å². The summed E-state index contributed by atoms with van der Waals surface area (Å²) in [5, 5.41) is 8.26. The van der Waals surface area contributed by atoms with E-state index in [1.165, 1.54) is 0 Å². The maximum Gasteiger partial charge on any atom is 0.262 e. The van der Waals surface area contributed by atoms with Crippen molar-refractivity contribution in [3.63, 3.8) is 0 Å². The zero-order valence-electron chi connectivity index (χ0n) is 16.1. The van der Waals surface area contributed by atoms with E-state index in [0.29, 0.717) is 17.2 Å². The summed E-state index contributed by atoms with van der Waals surface area (Å²) in [5.41, 5.74) is 3.08. The van der Waals surface area contributed by atoms with Gasteiger partial charge in [0.1, 0.15) is 0 Å². The van der Waals surface area contributed by atoms with Gasteiger partial charge in [-0.05, 0) is 37.3 Å². The van der Waals surface area contributed by atoms with Gasteiger partial charge in [-0.3, -0.25) is 4.79 Å². The van der Waals surface area contributed by atoms with Gasteiger partial charge in [0.15, 0.2) is 23.8 Å². The minimum atomic E-state index is -0.287. The molecule has 4 rings (SSSR count). The molecule has 146 valence electrons. The van der Waals surface area contributed by atoms with Crippen LogP contribution in [0.5, 0.6) is 11.5 Å². The normalized spacial score (nSPS) is 10.7. The maximum atomic E-state index is 12.3. The molecule has 7 nitrogen and oxygen atoms in total. The third-order valence-corrected chi connectivity index (χ3v) is 4.42. The number of rotatable bonds is 6. The molecule has 0 saturated carbocycles. The molecule has 0 aliphatic carbocycles. The number of fused-ring (bicyclic) bond motifs is 1. The molecule has 1 amide bonds. The topological polar surface area (TPSA) is 78.3 Å². The first-order valence-electron chi connectivity index (χ1n) is 9.12. The average molecular weight is 388 g/mol. The van der Waals surface area contributed by atoms with Gasteiger partial charge in [0.05, 0.1) is 30.4 Å². The Morgan fingerprint density at radius 2 is 1.79 bits per heavy atom. The molecular weight excluding hydrogens is 368 g/mol. The summed E-state index contributed by atoms with van der Waals surface area (Å²) in [4.78, 5) is 16.8. The lowest BCUT2D eigenvalue weighted by Gasteiger charge is -2.10. The molecule has 0 aliphatic rings. The minimum absolute atomic E-state index is 0.138. The number of hydrogen-bond acceptors (Lipinski definition) is 5. The smallest absolute Gasteiger partial charge is 0.262 e. The number of methoxy groups -OCH3 is 1. The van der Waals surface area contributed by atoms with E-state index in [4.69, 9.17) is 9.47 Å². The van der Waals surface area contributed by atoms with Gasteiger partial charge < -0.3 is 14.8 Å². The molecular formula is C22H20N4O3. The minimum Gasteiger partial charge on any atom is -0.493 e. The Morgan fingerprint density at radius 3 is 2.55 bits per heavy atom. The largest absolute Gasteiger partial charge is 0.493 e. The van der Waals surface area contributed by atoms with Crippen LogP contribution in [0, 0.1) is 6.92 Å². The van der Waals surface area contributed by atoms with E-state index >= 15 is 0 Å². The number of aromatic nitrogens is 3. The number of anilines is 1. The van der Waals surface area contributed by atoms with Gasteiger partial charge in [-0.2, -0.15) is 5.10 Å². The van der Waals surface area contributed by atoms with E-state index in [1.807, 2.05) is 55.5 Å². The average Bonchev–Trinajstić information content (AvgIpc) is 3.09. The number of aryl methyl sites for hydroxylation is 1. The van der Waals surface area contributed by atoms with Crippen molar-refractivity contribution >= 4 is 22.6 Å². The fourth-order valence-corrected chi connectivity index (χ4v) is 3.04. The van der Waals surface area contributed by atoms with Crippen LogP contribution in [0.25, 0.3) is 16.7 Å². The summed E-state index contributed by atoms with van der Waals surface area (Å²) in [6, 6.07) is 18.9. The fraction of sp³-hybridized carbons (Fsp3) is 0.136. The summed E-state index contributed by atoms with van der Waals surface area (Å²) < 4.78 is 12.6. The van der Waals surface area contributed by atoms with Gasteiger partial charge in [0, 0.05) is 5.39 Å². The van der Waals surface area contributed by atoms with Crippen molar-refractivity contribution in [3.05, 3.63) is 72.6 Å². The summed E-state index contributed by atoms with van der Waals surface area (Å²) >= 11 is 0. The van der Waals surface area contributed by atoms with E-state index in [1.54, 1.807) is 30.1 Å². The van der Waals surface area contributed by atoms with E-state index in [9.17, 15) is 4.79 Å². The lowest BCUT2D eigenvalue weighted by Crippen LogP contribution is -2.20. The van der Waals surface area contributed by atoms with Crippen molar-refractivity contribution in [2.45, 2.75) is 6.92 Å². The molecule has 4 aromatic rings. The quantitative estimate of drug-likeness (QED) is 0.544. The highest BCUT2D eigenvalue weighted by Gasteiger charge is 2.13. The number of nitrogens with one attached hydrogen (secondary N) is 1. The first-order chi connectivity index (χ1) is 14.2. The van der Waals surface area contributed by atoms with Gasteiger partial charge in [0.25, 0.3) is 5.91 Å². The van der Waals surface area contributed by atoms with Gasteiger partial charge >= 0.3 is 0 Å². The lowest BCUT2D eigenvalue weighted by atomic mass is 10.2. The highest BCUT2D eigenvalue weighted by molar-refractivity contribution is 5.94. The summed E-state index contributed by atoms with van der Waals surface area (Å²) in [7, 11) is 1.56. The third-order valence-electron chi connectivity index (χ3n) is 4.42. The van der Waals surface area contributed by atoms with E-state index < -0.39 is 0 Å². The molecule has 1 N–H and O–H groups in total. The summed E-state index contributed by atoms with van der Waals surface area (Å²) in [5.74, 6) is 0.802. The van der Waals surface area contributed by atoms with Crippen LogP contribution in [-0.2, 0) is 4.79 Å². The molecule has 7 heteroatoms. The molecule has 0 aliphatic heterocycles. The van der Waals surface area contributed by atoms with Crippen LogP contribution in [0.4, 0.5) is 5.69 Å². The molecule has 2 aromatic heterocycles. The highest BCUT2D eigenvalue weighted by Crippen LogP contribution is 2.26. The number of carbonyl (C=O) groups is 1. The molecule has 0 bridgehead atoms. The first kappa shape index (κ1) is 18.5. The molecule has 0 fully saturated rings. The van der Waals surface area contributed by atoms with Crippen LogP contribution in [-0.4, -0.2) is 34.4 Å². The molecule has 2 heterocycles. The first-order valence-corrected chi connectivity index (χ1v) is 9.12. The van der Waals surface area contributed by atoms with E-state index in [-0.39, 0.29) is 12.5 Å². The van der Waals surface area contributed by atoms with Crippen molar-refractivity contribution in [2.24, 2.45) is 0 Å². The Balaban J connectivity index is 1.50. The Bertz CT molecular complexity index is 1160. The van der Waals surface area contributed by atoms with E-state index in [2.05, 4.69) is 15.4 Å². The molecule has 0 spiro atoms. The molecule has 0 radical (unpaired) electrons. The Morgan fingerprint density at radius 1 is 1.07 bits per heavy atom. The Labute approximate surface area is 167 Å². The van der Waals surface area contributed by atoms with Crippen LogP contribution in [0.1, 0.15) is 5.69 Å². The molecule has 0 atom stereocenters. The van der Waals surface area contributed by atoms with Crippen molar-refractivity contribution in [1.82, 2.24) is 14.8 Å². The number of ether oxygens (including phenoxy) is 2. The van der Waals surface area contributed by atoms with Gasteiger partial charge in [-0.15, -0.1) is 0 Å². The van der Waals surface area contributed by atoms with Gasteiger partial charge in [-0.25, -0.2) is 9.67 Å². The number of carbonyl (C=O) groups excluding carboxylic acids is 1. The van der Waals surface area contributed by atoms with Gasteiger partial charge in [-0.1, -0.05) is 30.3 Å². The second-order valence-electron chi connectivity index (χ2n) is 6.42. The molecule has 0 saturated heterocycles. The fourth-order valence-electron chi connectivity index (χ4n) is 3.04. The van der Waals surface area contributed by atoms with Crippen LogP contribution < -0.4 is 14.8 Å². The molecule has 2 aromatic carbocycles. The molecule has 29 heavy (non-hydrogen) atoms. The zero-order chi connectivity index (χ0) is 20.2. The zero-order valence-corrected chi connectivity index (χ0v) is 16.1. The maximum absolute atomic E-state index is 12.3. The standard InChI is InChI=1S/C22H20N4O3/c1-15-18-12-16(13-23-22(18)26(25-15)17-8-4-3-5-9-17)24-21(27)14-29-20-11-7-6-10-19(20)28-2/h3-13H,14H2,1-2H3,(H,24,27). The Hall–Kier alpha value is -3.87. The van der Waals surface area contributed by atoms with Crippen LogP contribution in [0.15, 0.2) is 66.9 Å². The van der Waals surface area contributed by atoms with Crippen LogP contribution >= 0.6 is 0 Å². The molecule has 0 unspecified atom stereocenters. The van der Waals surface area contributed by atoms with Gasteiger partial charge in [0.2, 0.25) is 0 Å². The predicted molar refractivity (Wildman–Crippen MR) is 111 cm³/mol.